The zero-order valence-corrected chi connectivity index (χ0v) is 14.3. The van der Waals surface area contributed by atoms with Gasteiger partial charge in [-0.25, -0.2) is 0 Å². The standard InChI is InChI=1S/C17H29N3O3/c1-13(2)18-16(22)17(23)20-11-9-19(10-12-20)15(21)8-7-14-5-3-4-6-14/h13-14H,3-12H2,1-2H3,(H,18,22). The summed E-state index contributed by atoms with van der Waals surface area (Å²) < 4.78 is 0. The number of hydrogen-bond donors (Lipinski definition) is 1. The highest BCUT2D eigenvalue weighted by Crippen LogP contribution is 2.28. The van der Waals surface area contributed by atoms with Crippen molar-refractivity contribution in [1.82, 2.24) is 15.1 Å². The van der Waals surface area contributed by atoms with E-state index in [4.69, 9.17) is 0 Å². The lowest BCUT2D eigenvalue weighted by molar-refractivity contribution is -0.148. The Labute approximate surface area is 138 Å². The fourth-order valence-corrected chi connectivity index (χ4v) is 3.41. The van der Waals surface area contributed by atoms with Gasteiger partial charge in [-0.3, -0.25) is 14.4 Å². The Morgan fingerprint density at radius 1 is 1.00 bits per heavy atom. The van der Waals surface area contributed by atoms with Crippen LogP contribution in [-0.2, 0) is 14.4 Å². The Balaban J connectivity index is 1.71. The van der Waals surface area contributed by atoms with Gasteiger partial charge in [-0.05, 0) is 26.2 Å². The van der Waals surface area contributed by atoms with Crippen LogP contribution in [0, 0.1) is 5.92 Å². The molecule has 2 rings (SSSR count). The SMILES string of the molecule is CC(C)NC(=O)C(=O)N1CCN(C(=O)CCC2CCCC2)CC1. The van der Waals surface area contributed by atoms with Crippen molar-refractivity contribution in [1.29, 1.82) is 0 Å². The van der Waals surface area contributed by atoms with E-state index in [1.807, 2.05) is 18.7 Å². The lowest BCUT2D eigenvalue weighted by Gasteiger charge is -2.34. The predicted molar refractivity (Wildman–Crippen MR) is 87.6 cm³/mol. The van der Waals surface area contributed by atoms with Gasteiger partial charge in [-0.2, -0.15) is 0 Å². The first-order chi connectivity index (χ1) is 11.0. The number of nitrogens with one attached hydrogen (secondary N) is 1. The summed E-state index contributed by atoms with van der Waals surface area (Å²) in [5, 5.41) is 2.61. The molecular formula is C17H29N3O3. The molecule has 1 aliphatic carbocycles. The number of amides is 3. The van der Waals surface area contributed by atoms with Crippen molar-refractivity contribution in [2.75, 3.05) is 26.2 Å². The largest absolute Gasteiger partial charge is 0.346 e. The molecule has 0 aromatic rings. The Morgan fingerprint density at radius 2 is 1.57 bits per heavy atom. The van der Waals surface area contributed by atoms with Crippen LogP contribution in [0.5, 0.6) is 0 Å². The summed E-state index contributed by atoms with van der Waals surface area (Å²) in [7, 11) is 0. The fourth-order valence-electron chi connectivity index (χ4n) is 3.41. The smallest absolute Gasteiger partial charge is 0.312 e. The topological polar surface area (TPSA) is 69.7 Å². The minimum Gasteiger partial charge on any atom is -0.346 e. The lowest BCUT2D eigenvalue weighted by Crippen LogP contribution is -2.54. The highest BCUT2D eigenvalue weighted by atomic mass is 16.2. The second-order valence-electron chi connectivity index (χ2n) is 6.99. The zero-order valence-electron chi connectivity index (χ0n) is 14.3. The van der Waals surface area contributed by atoms with Gasteiger partial charge in [0, 0.05) is 38.6 Å². The van der Waals surface area contributed by atoms with Crippen molar-refractivity contribution in [3.05, 3.63) is 0 Å². The molecule has 0 radical (unpaired) electrons. The number of rotatable bonds is 4. The molecule has 1 N–H and O–H groups in total. The molecule has 0 bridgehead atoms. The molecule has 2 fully saturated rings. The van der Waals surface area contributed by atoms with E-state index in [1.54, 1.807) is 4.90 Å². The molecule has 23 heavy (non-hydrogen) atoms. The summed E-state index contributed by atoms with van der Waals surface area (Å²) in [6.45, 7) is 5.60. The number of carbonyl (C=O) groups is 3. The molecule has 1 aliphatic heterocycles. The van der Waals surface area contributed by atoms with Gasteiger partial charge >= 0.3 is 11.8 Å². The zero-order chi connectivity index (χ0) is 16.8. The first-order valence-corrected chi connectivity index (χ1v) is 8.85. The van der Waals surface area contributed by atoms with Gasteiger partial charge in [-0.15, -0.1) is 0 Å². The molecule has 3 amide bonds. The normalized spacial score (nSPS) is 19.3. The number of carbonyl (C=O) groups excluding carboxylic acids is 3. The third kappa shape index (κ3) is 5.22. The maximum atomic E-state index is 12.3. The molecule has 6 nitrogen and oxygen atoms in total. The summed E-state index contributed by atoms with van der Waals surface area (Å²) >= 11 is 0. The Bertz CT molecular complexity index is 436. The van der Waals surface area contributed by atoms with E-state index >= 15 is 0 Å². The van der Waals surface area contributed by atoms with Crippen LogP contribution in [0.15, 0.2) is 0 Å². The third-order valence-electron chi connectivity index (χ3n) is 4.77. The summed E-state index contributed by atoms with van der Waals surface area (Å²) in [6, 6.07) is -0.0510. The first kappa shape index (κ1) is 17.8. The molecular weight excluding hydrogens is 294 g/mol. The maximum Gasteiger partial charge on any atom is 0.312 e. The number of piperazine rings is 1. The molecule has 2 aliphatic rings. The monoisotopic (exact) mass is 323 g/mol. The third-order valence-corrected chi connectivity index (χ3v) is 4.77. The molecule has 0 spiro atoms. The van der Waals surface area contributed by atoms with Crippen molar-refractivity contribution < 1.29 is 14.4 Å². The Morgan fingerprint density at radius 3 is 2.13 bits per heavy atom. The summed E-state index contributed by atoms with van der Waals surface area (Å²) in [6.07, 6.45) is 6.75. The average Bonchev–Trinajstić information content (AvgIpc) is 3.04. The molecule has 0 unspecified atom stereocenters. The van der Waals surface area contributed by atoms with Gasteiger partial charge in [0.15, 0.2) is 0 Å². The molecule has 130 valence electrons. The van der Waals surface area contributed by atoms with E-state index in [1.165, 1.54) is 25.7 Å². The van der Waals surface area contributed by atoms with Crippen molar-refractivity contribution >= 4 is 17.7 Å². The quantitative estimate of drug-likeness (QED) is 0.789. The van der Waals surface area contributed by atoms with E-state index in [0.29, 0.717) is 32.6 Å². The second kappa shape index (κ2) is 8.31. The van der Waals surface area contributed by atoms with Crippen molar-refractivity contribution in [3.63, 3.8) is 0 Å². The fraction of sp³-hybridized carbons (Fsp3) is 0.824. The van der Waals surface area contributed by atoms with Crippen molar-refractivity contribution in [2.45, 2.75) is 58.4 Å². The first-order valence-electron chi connectivity index (χ1n) is 8.85. The minimum absolute atomic E-state index is 0.0510. The summed E-state index contributed by atoms with van der Waals surface area (Å²) in [5.41, 5.74) is 0. The second-order valence-corrected chi connectivity index (χ2v) is 6.99. The van der Waals surface area contributed by atoms with Crippen molar-refractivity contribution in [2.24, 2.45) is 5.92 Å². The van der Waals surface area contributed by atoms with E-state index in [2.05, 4.69) is 5.32 Å². The molecule has 0 atom stereocenters. The molecule has 1 heterocycles. The van der Waals surface area contributed by atoms with E-state index < -0.39 is 11.8 Å². The maximum absolute atomic E-state index is 12.3. The van der Waals surface area contributed by atoms with Gasteiger partial charge in [0.25, 0.3) is 0 Å². The molecule has 1 saturated carbocycles. The van der Waals surface area contributed by atoms with Crippen LogP contribution in [0.2, 0.25) is 0 Å². The van der Waals surface area contributed by atoms with Crippen LogP contribution in [0.4, 0.5) is 0 Å². The van der Waals surface area contributed by atoms with Crippen molar-refractivity contribution in [3.8, 4) is 0 Å². The van der Waals surface area contributed by atoms with Crippen LogP contribution in [0.25, 0.3) is 0 Å². The molecule has 6 heteroatoms. The van der Waals surface area contributed by atoms with E-state index in [0.717, 1.165) is 12.3 Å². The van der Waals surface area contributed by atoms with Gasteiger partial charge in [0.2, 0.25) is 5.91 Å². The molecule has 0 aromatic heterocycles. The van der Waals surface area contributed by atoms with Gasteiger partial charge < -0.3 is 15.1 Å². The number of nitrogens with zero attached hydrogens (tertiary/aromatic N) is 2. The van der Waals surface area contributed by atoms with Gasteiger partial charge in [0.05, 0.1) is 0 Å². The van der Waals surface area contributed by atoms with E-state index in [9.17, 15) is 14.4 Å². The average molecular weight is 323 g/mol. The molecule has 1 saturated heterocycles. The summed E-state index contributed by atoms with van der Waals surface area (Å²) in [4.78, 5) is 39.4. The minimum atomic E-state index is -0.555. The van der Waals surface area contributed by atoms with E-state index in [-0.39, 0.29) is 11.9 Å². The van der Waals surface area contributed by atoms with Crippen LogP contribution < -0.4 is 5.32 Å². The van der Waals surface area contributed by atoms with Gasteiger partial charge in [0.1, 0.15) is 0 Å². The highest BCUT2D eigenvalue weighted by Gasteiger charge is 2.28. The number of hydrogen-bond acceptors (Lipinski definition) is 3. The van der Waals surface area contributed by atoms with Crippen LogP contribution in [0.1, 0.15) is 52.4 Å². The van der Waals surface area contributed by atoms with Crippen LogP contribution in [0.3, 0.4) is 0 Å². The summed E-state index contributed by atoms with van der Waals surface area (Å²) in [5.74, 6) is -0.130. The Hall–Kier alpha value is -1.59. The van der Waals surface area contributed by atoms with Gasteiger partial charge in [-0.1, -0.05) is 25.7 Å². The highest BCUT2D eigenvalue weighted by molar-refractivity contribution is 6.35. The Kier molecular flexibility index (Phi) is 6.42. The van der Waals surface area contributed by atoms with Crippen LogP contribution >= 0.6 is 0 Å². The lowest BCUT2D eigenvalue weighted by atomic mass is 10.0. The van der Waals surface area contributed by atoms with Crippen LogP contribution in [-0.4, -0.2) is 59.7 Å². The predicted octanol–water partition coefficient (Wildman–Crippen LogP) is 1.15. The molecule has 0 aromatic carbocycles.